The van der Waals surface area contributed by atoms with E-state index in [0.717, 1.165) is 5.56 Å². The summed E-state index contributed by atoms with van der Waals surface area (Å²) in [5, 5.41) is 12.4. The molecule has 0 spiro atoms. The Kier molecular flexibility index (Phi) is 5.82. The number of fused-ring (bicyclic) bond motifs is 1. The number of rotatable bonds is 6. The fourth-order valence-corrected chi connectivity index (χ4v) is 4.91. The van der Waals surface area contributed by atoms with Crippen molar-refractivity contribution in [3.05, 3.63) is 58.1 Å². The lowest BCUT2D eigenvalue weighted by molar-refractivity contribution is 0.257. The maximum absolute atomic E-state index is 14.4. The molecule has 0 aliphatic carbocycles. The molecule has 3 aromatic rings. The molecular formula is C19H17Cl2FN4O3S. The summed E-state index contributed by atoms with van der Waals surface area (Å²) in [4.78, 5) is 8.45. The van der Waals surface area contributed by atoms with Gasteiger partial charge < -0.3 is 10.4 Å². The zero-order chi connectivity index (χ0) is 21.5. The molecule has 2 N–H and O–H groups in total. The molecule has 0 amide bonds. The molecule has 0 atom stereocenters. The number of hydrogen-bond donors (Lipinski definition) is 2. The number of aromatic nitrogens is 2. The van der Waals surface area contributed by atoms with Gasteiger partial charge in [-0.2, -0.15) is 0 Å². The highest BCUT2D eigenvalue weighted by Gasteiger charge is 2.36. The van der Waals surface area contributed by atoms with Crippen molar-refractivity contribution in [3.63, 3.8) is 0 Å². The molecule has 2 aromatic carbocycles. The normalized spacial score (nSPS) is 15.3. The molecule has 7 nitrogen and oxygen atoms in total. The first kappa shape index (κ1) is 21.2. The Labute approximate surface area is 182 Å². The van der Waals surface area contributed by atoms with Crippen LogP contribution >= 0.6 is 23.2 Å². The second-order valence-corrected chi connectivity index (χ2v) is 9.77. The largest absolute Gasteiger partial charge is 0.395 e. The fraction of sp³-hybridized carbons (Fsp3) is 0.263. The average molecular weight is 471 g/mol. The van der Waals surface area contributed by atoms with Gasteiger partial charge in [0.05, 0.1) is 33.6 Å². The third-order valence-corrected chi connectivity index (χ3v) is 7.57. The summed E-state index contributed by atoms with van der Waals surface area (Å²) in [6, 6.07) is 8.53. The Morgan fingerprint density at radius 2 is 1.97 bits per heavy atom. The van der Waals surface area contributed by atoms with Gasteiger partial charge in [-0.3, -0.25) is 0 Å². The van der Waals surface area contributed by atoms with Crippen LogP contribution in [0.15, 0.2) is 36.7 Å². The minimum atomic E-state index is -3.44. The van der Waals surface area contributed by atoms with Crippen molar-refractivity contribution in [1.82, 2.24) is 14.3 Å². The second kappa shape index (κ2) is 8.24. The summed E-state index contributed by atoms with van der Waals surface area (Å²) < 4.78 is 39.8. The van der Waals surface area contributed by atoms with E-state index >= 15 is 0 Å². The van der Waals surface area contributed by atoms with Crippen molar-refractivity contribution >= 4 is 55.6 Å². The Morgan fingerprint density at radius 3 is 2.70 bits per heavy atom. The lowest BCUT2D eigenvalue weighted by Crippen LogP contribution is -2.49. The van der Waals surface area contributed by atoms with E-state index in [0.29, 0.717) is 29.8 Å². The first-order chi connectivity index (χ1) is 14.3. The van der Waals surface area contributed by atoms with Crippen molar-refractivity contribution in [2.75, 3.05) is 30.8 Å². The highest BCUT2D eigenvalue weighted by Crippen LogP contribution is 2.35. The summed E-state index contributed by atoms with van der Waals surface area (Å²) in [6.45, 7) is 0.272. The van der Waals surface area contributed by atoms with Gasteiger partial charge in [0.25, 0.3) is 0 Å². The number of hydrogen-bond acceptors (Lipinski definition) is 6. The van der Waals surface area contributed by atoms with Gasteiger partial charge >= 0.3 is 0 Å². The van der Waals surface area contributed by atoms with E-state index in [1.165, 1.54) is 22.8 Å². The number of anilines is 2. The minimum Gasteiger partial charge on any atom is -0.395 e. The Bertz CT molecular complexity index is 1220. The van der Waals surface area contributed by atoms with Crippen LogP contribution in [0.4, 0.5) is 15.9 Å². The number of benzene rings is 2. The molecule has 1 aliphatic rings. The zero-order valence-corrected chi connectivity index (χ0v) is 17.8. The Morgan fingerprint density at radius 1 is 1.20 bits per heavy atom. The van der Waals surface area contributed by atoms with E-state index < -0.39 is 22.4 Å². The number of nitrogens with one attached hydrogen (secondary N) is 1. The zero-order valence-electron chi connectivity index (χ0n) is 15.5. The third-order valence-electron chi connectivity index (χ3n) is 5.01. The number of aliphatic hydroxyl groups excluding tert-OH is 1. The lowest BCUT2D eigenvalue weighted by atomic mass is 9.92. The van der Waals surface area contributed by atoms with Crippen LogP contribution in [0.3, 0.4) is 0 Å². The molecule has 11 heteroatoms. The highest BCUT2D eigenvalue weighted by molar-refractivity contribution is 7.89. The van der Waals surface area contributed by atoms with Gasteiger partial charge in [-0.1, -0.05) is 29.3 Å². The maximum Gasteiger partial charge on any atom is 0.216 e. The van der Waals surface area contributed by atoms with Gasteiger partial charge in [0.2, 0.25) is 10.0 Å². The molecule has 0 unspecified atom stereocenters. The molecule has 30 heavy (non-hydrogen) atoms. The molecule has 158 valence electrons. The van der Waals surface area contributed by atoms with Gasteiger partial charge in [0.1, 0.15) is 12.1 Å². The van der Waals surface area contributed by atoms with Crippen LogP contribution in [0.25, 0.3) is 10.9 Å². The molecule has 1 fully saturated rings. The number of aliphatic hydroxyl groups is 1. The monoisotopic (exact) mass is 470 g/mol. The molecule has 0 bridgehead atoms. The smallest absolute Gasteiger partial charge is 0.216 e. The Balaban J connectivity index is 1.62. The molecule has 1 aliphatic heterocycles. The van der Waals surface area contributed by atoms with Crippen LogP contribution < -0.4 is 5.32 Å². The van der Waals surface area contributed by atoms with Gasteiger partial charge in [-0.05, 0) is 29.8 Å². The van der Waals surface area contributed by atoms with Crippen LogP contribution in [-0.2, 0) is 10.0 Å². The predicted octanol–water partition coefficient (Wildman–Crippen LogP) is 3.54. The van der Waals surface area contributed by atoms with Gasteiger partial charge in [-0.15, -0.1) is 0 Å². The summed E-state index contributed by atoms with van der Waals surface area (Å²) in [5.41, 5.74) is 1.70. The fourth-order valence-electron chi connectivity index (χ4n) is 3.30. The highest BCUT2D eigenvalue weighted by atomic mass is 35.5. The van der Waals surface area contributed by atoms with Crippen LogP contribution in [0, 0.1) is 5.82 Å². The molecule has 0 saturated carbocycles. The van der Waals surface area contributed by atoms with E-state index in [1.54, 1.807) is 0 Å². The van der Waals surface area contributed by atoms with Gasteiger partial charge in [-0.25, -0.2) is 27.1 Å². The summed E-state index contributed by atoms with van der Waals surface area (Å²) >= 11 is 11.7. The summed E-state index contributed by atoms with van der Waals surface area (Å²) in [6.07, 6.45) is 1.37. The van der Waals surface area contributed by atoms with E-state index in [9.17, 15) is 12.8 Å². The lowest BCUT2D eigenvalue weighted by Gasteiger charge is -2.38. The van der Waals surface area contributed by atoms with Crippen LogP contribution in [-0.4, -0.2) is 53.2 Å². The van der Waals surface area contributed by atoms with E-state index in [2.05, 4.69) is 15.3 Å². The molecule has 1 aromatic heterocycles. The van der Waals surface area contributed by atoms with Crippen LogP contribution in [0.5, 0.6) is 0 Å². The van der Waals surface area contributed by atoms with Gasteiger partial charge in [0, 0.05) is 24.4 Å². The number of halogens is 3. The average Bonchev–Trinajstić information content (AvgIpc) is 2.67. The predicted molar refractivity (Wildman–Crippen MR) is 114 cm³/mol. The second-order valence-electron chi connectivity index (χ2n) is 6.90. The van der Waals surface area contributed by atoms with Crippen molar-refractivity contribution in [1.29, 1.82) is 0 Å². The minimum absolute atomic E-state index is 0.0117. The van der Waals surface area contributed by atoms with E-state index in [1.807, 2.05) is 18.2 Å². The van der Waals surface area contributed by atoms with Gasteiger partial charge in [0.15, 0.2) is 5.82 Å². The number of sulfonamides is 1. The quantitative estimate of drug-likeness (QED) is 0.534. The molecule has 1 saturated heterocycles. The van der Waals surface area contributed by atoms with Crippen molar-refractivity contribution < 1.29 is 17.9 Å². The van der Waals surface area contributed by atoms with Crippen LogP contribution in [0.2, 0.25) is 10.0 Å². The standard InChI is InChI=1S/C19H17Cl2FN4O3S/c20-14-2-4-16(18(22)17(14)21)25-19-13-7-11(1-3-15(13)23-10-24-19)12-8-26(9-12)30(28,29)6-5-27/h1-4,7,10,12,27H,5-6,8-9H2,(H,23,24,25). The maximum atomic E-state index is 14.4. The number of nitrogens with zero attached hydrogens (tertiary/aromatic N) is 3. The van der Waals surface area contributed by atoms with Crippen molar-refractivity contribution in [2.24, 2.45) is 0 Å². The third kappa shape index (κ3) is 3.95. The Hall–Kier alpha value is -2.04. The van der Waals surface area contributed by atoms with Crippen molar-refractivity contribution in [3.8, 4) is 0 Å². The topological polar surface area (TPSA) is 95.4 Å². The first-order valence-electron chi connectivity index (χ1n) is 9.04. The molecule has 0 radical (unpaired) electrons. The molecule has 4 rings (SSSR count). The van der Waals surface area contributed by atoms with E-state index in [-0.39, 0.29) is 27.4 Å². The summed E-state index contributed by atoms with van der Waals surface area (Å²) in [5.74, 6) is -0.564. The molecular weight excluding hydrogens is 454 g/mol. The SMILES string of the molecule is O=S(=O)(CCO)N1CC(c2ccc3ncnc(Nc4ccc(Cl)c(Cl)c4F)c3c2)C1. The first-order valence-corrected chi connectivity index (χ1v) is 11.4. The molecule has 2 heterocycles. The van der Waals surface area contributed by atoms with E-state index in [4.69, 9.17) is 28.3 Å². The summed E-state index contributed by atoms with van der Waals surface area (Å²) in [7, 11) is -3.44. The van der Waals surface area contributed by atoms with Crippen molar-refractivity contribution in [2.45, 2.75) is 5.92 Å². The van der Waals surface area contributed by atoms with Crippen LogP contribution in [0.1, 0.15) is 11.5 Å².